The van der Waals surface area contributed by atoms with E-state index >= 15 is 0 Å². The minimum absolute atomic E-state index is 0.0162. The summed E-state index contributed by atoms with van der Waals surface area (Å²) >= 11 is 0. The maximum absolute atomic E-state index is 12.8. The van der Waals surface area contributed by atoms with Gasteiger partial charge in [-0.15, -0.1) is 0 Å². The highest BCUT2D eigenvalue weighted by molar-refractivity contribution is 5.83. The summed E-state index contributed by atoms with van der Waals surface area (Å²) in [4.78, 5) is 36.3. The summed E-state index contributed by atoms with van der Waals surface area (Å²) < 4.78 is 6.01. The first-order chi connectivity index (χ1) is 25.9. The molecule has 0 heterocycles. The Morgan fingerprint density at radius 3 is 1.53 bits per heavy atom. The molecule has 7 nitrogen and oxygen atoms in total. The van der Waals surface area contributed by atoms with Crippen LogP contribution in [0, 0.1) is 0 Å². The van der Waals surface area contributed by atoms with Crippen molar-refractivity contribution in [3.63, 3.8) is 0 Å². The van der Waals surface area contributed by atoms with Gasteiger partial charge in [-0.05, 0) is 96.4 Å². The number of carbonyl (C=O) groups excluding carboxylic acids is 2. The summed E-state index contributed by atoms with van der Waals surface area (Å²) in [6.45, 7) is 4.82. The number of nitrogens with two attached hydrogens (primary N) is 1. The number of hydrogen-bond donors (Lipinski definition) is 3. The molecule has 0 rings (SSSR count). The molecule has 0 aromatic carbocycles. The first-order valence-corrected chi connectivity index (χ1v) is 21.6. The predicted octanol–water partition coefficient (Wildman–Crippen LogP) is 12.2. The summed E-state index contributed by atoms with van der Waals surface area (Å²) in [6.07, 6.45) is 49.8. The number of carboxylic acid groups (broad SMARTS) is 1. The van der Waals surface area contributed by atoms with Crippen LogP contribution in [0.15, 0.2) is 60.8 Å². The van der Waals surface area contributed by atoms with Crippen LogP contribution in [-0.2, 0) is 19.1 Å². The molecular formula is C46H80N2O5. The van der Waals surface area contributed by atoms with Crippen LogP contribution in [0.2, 0.25) is 0 Å². The van der Waals surface area contributed by atoms with Gasteiger partial charge in [0, 0.05) is 12.8 Å². The minimum atomic E-state index is -1.01. The topological polar surface area (TPSA) is 119 Å². The Morgan fingerprint density at radius 2 is 1.04 bits per heavy atom. The second-order valence-electron chi connectivity index (χ2n) is 14.4. The molecule has 0 aliphatic carbocycles. The summed E-state index contributed by atoms with van der Waals surface area (Å²) in [5, 5.41) is 11.9. The maximum atomic E-state index is 12.8. The van der Waals surface area contributed by atoms with E-state index in [4.69, 9.17) is 10.5 Å². The highest BCUT2D eigenvalue weighted by atomic mass is 16.5. The highest BCUT2D eigenvalue weighted by Gasteiger charge is 2.19. The Labute approximate surface area is 325 Å². The van der Waals surface area contributed by atoms with Crippen LogP contribution < -0.4 is 11.1 Å². The van der Waals surface area contributed by atoms with Crippen LogP contribution in [-0.4, -0.2) is 41.6 Å². The summed E-state index contributed by atoms with van der Waals surface area (Å²) in [6, 6.07) is -0.862. The lowest BCUT2D eigenvalue weighted by atomic mass is 10.0. The molecule has 0 aliphatic heterocycles. The van der Waals surface area contributed by atoms with Gasteiger partial charge < -0.3 is 20.9 Å². The molecule has 0 aliphatic rings. The number of rotatable bonds is 38. The highest BCUT2D eigenvalue weighted by Crippen LogP contribution is 2.18. The van der Waals surface area contributed by atoms with Crippen molar-refractivity contribution in [3.05, 3.63) is 60.8 Å². The SMILES string of the molecule is CC/C=C\C/C=C\C/C=C\C/C=C\C/C=C\CCCC(=O)OC(CCCCCCCCCCCC)CCCCCCCC(=O)NC(CCCN)C(=O)O. The second-order valence-corrected chi connectivity index (χ2v) is 14.4. The van der Waals surface area contributed by atoms with Crippen molar-refractivity contribution >= 4 is 17.8 Å². The van der Waals surface area contributed by atoms with E-state index in [0.29, 0.717) is 32.2 Å². The third kappa shape index (κ3) is 37.2. The van der Waals surface area contributed by atoms with Crippen molar-refractivity contribution in [2.75, 3.05) is 6.54 Å². The van der Waals surface area contributed by atoms with E-state index in [9.17, 15) is 19.5 Å². The number of hydrogen-bond acceptors (Lipinski definition) is 5. The first-order valence-electron chi connectivity index (χ1n) is 21.6. The third-order valence-electron chi connectivity index (χ3n) is 9.35. The molecule has 53 heavy (non-hydrogen) atoms. The Balaban J connectivity index is 4.39. The normalized spacial score (nSPS) is 13.3. The van der Waals surface area contributed by atoms with Gasteiger partial charge in [0.15, 0.2) is 0 Å². The largest absolute Gasteiger partial charge is 0.480 e. The van der Waals surface area contributed by atoms with Gasteiger partial charge in [0.2, 0.25) is 5.91 Å². The van der Waals surface area contributed by atoms with Crippen LogP contribution in [0.5, 0.6) is 0 Å². The fourth-order valence-electron chi connectivity index (χ4n) is 6.13. The Morgan fingerprint density at radius 1 is 0.566 bits per heavy atom. The molecule has 1 amide bonds. The van der Waals surface area contributed by atoms with Gasteiger partial charge in [0.05, 0.1) is 0 Å². The molecule has 0 fully saturated rings. The zero-order valence-electron chi connectivity index (χ0n) is 34.1. The quantitative estimate of drug-likeness (QED) is 0.0329. The van der Waals surface area contributed by atoms with Gasteiger partial charge in [-0.1, -0.05) is 152 Å². The van der Waals surface area contributed by atoms with Gasteiger partial charge in [-0.3, -0.25) is 9.59 Å². The van der Waals surface area contributed by atoms with Crippen molar-refractivity contribution < 1.29 is 24.2 Å². The van der Waals surface area contributed by atoms with E-state index in [2.05, 4.69) is 79.9 Å². The first kappa shape index (κ1) is 50.1. The van der Waals surface area contributed by atoms with Crippen molar-refractivity contribution in [2.45, 2.75) is 206 Å². The summed E-state index contributed by atoms with van der Waals surface area (Å²) in [5.74, 6) is -1.30. The number of carbonyl (C=O) groups is 3. The molecule has 0 aromatic heterocycles. The van der Waals surface area contributed by atoms with E-state index < -0.39 is 12.0 Å². The van der Waals surface area contributed by atoms with Gasteiger partial charge in [0.25, 0.3) is 0 Å². The molecule has 0 aromatic rings. The fraction of sp³-hybridized carbons (Fsp3) is 0.717. The van der Waals surface area contributed by atoms with Gasteiger partial charge in [0.1, 0.15) is 12.1 Å². The number of carboxylic acids is 1. The molecule has 0 spiro atoms. The van der Waals surface area contributed by atoms with Crippen LogP contribution in [0.4, 0.5) is 0 Å². The van der Waals surface area contributed by atoms with E-state index in [1.165, 1.54) is 57.8 Å². The van der Waals surface area contributed by atoms with Crippen molar-refractivity contribution in [1.29, 1.82) is 0 Å². The lowest BCUT2D eigenvalue weighted by molar-refractivity contribution is -0.150. The Kier molecular flexibility index (Phi) is 38.0. The Hall–Kier alpha value is -2.93. The predicted molar refractivity (Wildman–Crippen MR) is 225 cm³/mol. The molecule has 0 bridgehead atoms. The summed E-state index contributed by atoms with van der Waals surface area (Å²) in [7, 11) is 0. The van der Waals surface area contributed by atoms with E-state index in [0.717, 1.165) is 96.3 Å². The number of allylic oxidation sites excluding steroid dienone is 10. The van der Waals surface area contributed by atoms with Crippen LogP contribution in [0.1, 0.15) is 194 Å². The molecule has 2 atom stereocenters. The van der Waals surface area contributed by atoms with Crippen molar-refractivity contribution in [2.24, 2.45) is 5.73 Å². The second kappa shape index (κ2) is 40.3. The van der Waals surface area contributed by atoms with Gasteiger partial charge in [-0.25, -0.2) is 4.79 Å². The average Bonchev–Trinajstić information content (AvgIpc) is 3.14. The molecule has 0 saturated carbocycles. The molecule has 7 heteroatoms. The van der Waals surface area contributed by atoms with Crippen molar-refractivity contribution in [1.82, 2.24) is 5.32 Å². The molecule has 0 radical (unpaired) electrons. The minimum Gasteiger partial charge on any atom is -0.480 e. The lowest BCUT2D eigenvalue weighted by Crippen LogP contribution is -2.40. The smallest absolute Gasteiger partial charge is 0.326 e. The summed E-state index contributed by atoms with van der Waals surface area (Å²) in [5.41, 5.74) is 5.48. The maximum Gasteiger partial charge on any atom is 0.326 e. The third-order valence-corrected chi connectivity index (χ3v) is 9.35. The molecule has 2 unspecified atom stereocenters. The van der Waals surface area contributed by atoms with Crippen LogP contribution in [0.25, 0.3) is 0 Å². The standard InChI is InChI=1S/C46H80N2O5/c1-3-5-7-9-11-13-15-16-17-18-19-20-21-23-25-30-34-40-45(50)53-42(36-31-27-24-22-14-12-10-8-6-4-2)37-32-28-26-29-33-39-44(49)48-43(46(51)52)38-35-41-47/h5,7,11,13,16-17,19-20,23,25,42-43H,3-4,6,8-10,12,14-15,18,21-22,24,26-41,47H2,1-2H3,(H,48,49)(H,51,52)/b7-5-,13-11-,17-16-,20-19-,25-23-. The number of nitrogens with one attached hydrogen (secondary N) is 1. The molecule has 4 N–H and O–H groups in total. The Bertz CT molecular complexity index is 1020. The number of esters is 1. The number of aliphatic carboxylic acids is 1. The lowest BCUT2D eigenvalue weighted by Gasteiger charge is -2.18. The molecular weight excluding hydrogens is 661 g/mol. The number of ether oxygens (including phenoxy) is 1. The van der Waals surface area contributed by atoms with Gasteiger partial charge in [-0.2, -0.15) is 0 Å². The van der Waals surface area contributed by atoms with Crippen LogP contribution >= 0.6 is 0 Å². The van der Waals surface area contributed by atoms with Crippen molar-refractivity contribution in [3.8, 4) is 0 Å². The molecule has 304 valence electrons. The zero-order chi connectivity index (χ0) is 38.9. The number of unbranched alkanes of at least 4 members (excludes halogenated alkanes) is 14. The van der Waals surface area contributed by atoms with E-state index in [1.54, 1.807) is 0 Å². The van der Waals surface area contributed by atoms with Crippen LogP contribution in [0.3, 0.4) is 0 Å². The van der Waals surface area contributed by atoms with Gasteiger partial charge >= 0.3 is 11.9 Å². The fourth-order valence-corrected chi connectivity index (χ4v) is 6.13. The van der Waals surface area contributed by atoms with E-state index in [-0.39, 0.29) is 18.0 Å². The average molecular weight is 741 g/mol. The zero-order valence-corrected chi connectivity index (χ0v) is 34.1. The monoisotopic (exact) mass is 741 g/mol. The van der Waals surface area contributed by atoms with E-state index in [1.807, 2.05) is 0 Å². The number of amides is 1. The molecule has 0 saturated heterocycles.